The molecule has 0 aliphatic heterocycles. The minimum Gasteiger partial charge on any atom is -0.384 e. The van der Waals surface area contributed by atoms with E-state index in [0.717, 1.165) is 16.5 Å². The molecule has 0 saturated heterocycles. The topological polar surface area (TPSA) is 77.2 Å². The summed E-state index contributed by atoms with van der Waals surface area (Å²) in [6, 6.07) is 1.76. The first-order valence-corrected chi connectivity index (χ1v) is 7.29. The molecule has 2 rings (SSSR count). The van der Waals surface area contributed by atoms with Crippen molar-refractivity contribution in [3.05, 3.63) is 28.0 Å². The fraction of sp³-hybridized carbons (Fsp3) is 0.462. The molecule has 6 nitrogen and oxygen atoms in total. The summed E-state index contributed by atoms with van der Waals surface area (Å²) in [5, 5.41) is 3.12. The van der Waals surface area contributed by atoms with Gasteiger partial charge in [-0.15, -0.1) is 11.3 Å². The van der Waals surface area contributed by atoms with Crippen LogP contribution in [-0.2, 0) is 17.9 Å². The molecule has 7 heteroatoms. The van der Waals surface area contributed by atoms with Crippen molar-refractivity contribution in [2.24, 2.45) is 0 Å². The van der Waals surface area contributed by atoms with Crippen molar-refractivity contribution >= 4 is 23.0 Å². The fourth-order valence-corrected chi connectivity index (χ4v) is 2.37. The molecule has 2 aromatic heterocycles. The van der Waals surface area contributed by atoms with E-state index in [1.807, 2.05) is 25.8 Å². The number of anilines is 2. The molecule has 0 unspecified atom stereocenters. The Kier molecular flexibility index (Phi) is 4.86. The van der Waals surface area contributed by atoms with E-state index in [4.69, 9.17) is 10.5 Å². The number of nitrogens with two attached hydrogens (primary N) is 1. The maximum Gasteiger partial charge on any atom is 0.158 e. The molecule has 0 aliphatic rings. The van der Waals surface area contributed by atoms with E-state index in [0.29, 0.717) is 31.4 Å². The molecule has 0 aromatic carbocycles. The third-order valence-electron chi connectivity index (χ3n) is 2.67. The van der Waals surface area contributed by atoms with Gasteiger partial charge in [-0.25, -0.2) is 15.0 Å². The largest absolute Gasteiger partial charge is 0.384 e. The van der Waals surface area contributed by atoms with Gasteiger partial charge in [-0.05, 0) is 13.8 Å². The summed E-state index contributed by atoms with van der Waals surface area (Å²) in [7, 11) is 1.96. The smallest absolute Gasteiger partial charge is 0.158 e. The second-order valence-corrected chi connectivity index (χ2v) is 5.48. The summed E-state index contributed by atoms with van der Waals surface area (Å²) in [4.78, 5) is 15.1. The first kappa shape index (κ1) is 14.7. The summed E-state index contributed by atoms with van der Waals surface area (Å²) < 4.78 is 5.32. The van der Waals surface area contributed by atoms with Crippen LogP contribution in [0.1, 0.15) is 23.4 Å². The van der Waals surface area contributed by atoms with Gasteiger partial charge >= 0.3 is 0 Å². The third-order valence-corrected chi connectivity index (χ3v) is 3.49. The predicted molar refractivity (Wildman–Crippen MR) is 80.7 cm³/mol. The van der Waals surface area contributed by atoms with Crippen molar-refractivity contribution in [1.82, 2.24) is 15.0 Å². The number of nitrogen functional groups attached to an aromatic ring is 1. The zero-order valence-electron chi connectivity index (χ0n) is 12.0. The highest BCUT2D eigenvalue weighted by atomic mass is 32.1. The number of ether oxygens (including phenoxy) is 1. The fourth-order valence-electron chi connectivity index (χ4n) is 1.76. The summed E-state index contributed by atoms with van der Waals surface area (Å²) in [5.41, 5.74) is 6.85. The quantitative estimate of drug-likeness (QED) is 0.877. The first-order valence-electron chi connectivity index (χ1n) is 6.41. The van der Waals surface area contributed by atoms with E-state index >= 15 is 0 Å². The second-order valence-electron chi connectivity index (χ2n) is 4.42. The summed E-state index contributed by atoms with van der Waals surface area (Å²) in [6.45, 7) is 5.62. The molecule has 0 atom stereocenters. The van der Waals surface area contributed by atoms with Crippen LogP contribution in [0.4, 0.5) is 11.6 Å². The Morgan fingerprint density at radius 1 is 1.35 bits per heavy atom. The molecule has 0 aliphatic carbocycles. The normalized spacial score (nSPS) is 10.8. The number of thiazole rings is 1. The van der Waals surface area contributed by atoms with Gasteiger partial charge in [-0.2, -0.15) is 0 Å². The summed E-state index contributed by atoms with van der Waals surface area (Å²) in [6.07, 6.45) is 0. The maximum absolute atomic E-state index is 5.82. The molecule has 0 amide bonds. The Bertz CT molecular complexity index is 572. The average molecular weight is 293 g/mol. The van der Waals surface area contributed by atoms with Crippen molar-refractivity contribution in [3.8, 4) is 0 Å². The van der Waals surface area contributed by atoms with Gasteiger partial charge in [0.15, 0.2) is 5.82 Å². The minimum absolute atomic E-state index is 0.373. The van der Waals surface area contributed by atoms with Gasteiger partial charge in [0.2, 0.25) is 0 Å². The second kappa shape index (κ2) is 6.62. The Morgan fingerprint density at radius 3 is 2.80 bits per heavy atom. The zero-order valence-corrected chi connectivity index (χ0v) is 12.8. The van der Waals surface area contributed by atoms with Crippen LogP contribution in [0.3, 0.4) is 0 Å². The van der Waals surface area contributed by atoms with Gasteiger partial charge in [0.1, 0.15) is 18.2 Å². The molecule has 2 aromatic rings. The van der Waals surface area contributed by atoms with E-state index in [1.54, 1.807) is 17.4 Å². The average Bonchev–Trinajstić information content (AvgIpc) is 2.81. The van der Waals surface area contributed by atoms with Gasteiger partial charge < -0.3 is 15.4 Å². The van der Waals surface area contributed by atoms with Crippen LogP contribution in [-0.4, -0.2) is 28.6 Å². The van der Waals surface area contributed by atoms with Crippen LogP contribution >= 0.6 is 11.3 Å². The Labute approximate surface area is 122 Å². The maximum atomic E-state index is 5.82. The standard InChI is InChI=1S/C13H19N5OS/c1-4-19-7-12-16-11(14)5-13(17-12)18(3)6-10-8-20-9(2)15-10/h5,8H,4,6-7H2,1-3H3,(H2,14,16,17). The molecular weight excluding hydrogens is 274 g/mol. The van der Waals surface area contributed by atoms with Crippen LogP contribution in [0, 0.1) is 6.92 Å². The lowest BCUT2D eigenvalue weighted by Crippen LogP contribution is -2.19. The molecule has 0 saturated carbocycles. The van der Waals surface area contributed by atoms with Crippen LogP contribution in [0.15, 0.2) is 11.4 Å². The van der Waals surface area contributed by atoms with E-state index in [2.05, 4.69) is 20.3 Å². The lowest BCUT2D eigenvalue weighted by molar-refractivity contribution is 0.128. The van der Waals surface area contributed by atoms with Crippen molar-refractivity contribution in [2.75, 3.05) is 24.3 Å². The monoisotopic (exact) mass is 293 g/mol. The molecule has 0 spiro atoms. The lowest BCUT2D eigenvalue weighted by atomic mass is 10.4. The van der Waals surface area contributed by atoms with Gasteiger partial charge in [0.25, 0.3) is 0 Å². The SMILES string of the molecule is CCOCc1nc(N)cc(N(C)Cc2csc(C)n2)n1. The summed E-state index contributed by atoms with van der Waals surface area (Å²) in [5.74, 6) is 1.83. The summed E-state index contributed by atoms with van der Waals surface area (Å²) >= 11 is 1.64. The van der Waals surface area contributed by atoms with Crippen LogP contribution < -0.4 is 10.6 Å². The van der Waals surface area contributed by atoms with Crippen molar-refractivity contribution in [1.29, 1.82) is 0 Å². The highest BCUT2D eigenvalue weighted by Crippen LogP contribution is 2.17. The van der Waals surface area contributed by atoms with E-state index in [-0.39, 0.29) is 0 Å². The molecule has 0 bridgehead atoms. The number of rotatable bonds is 6. The number of nitrogens with zero attached hydrogens (tertiary/aromatic N) is 4. The number of aromatic nitrogens is 3. The molecule has 2 N–H and O–H groups in total. The van der Waals surface area contributed by atoms with Crippen LogP contribution in [0.5, 0.6) is 0 Å². The van der Waals surface area contributed by atoms with Gasteiger partial charge in [0, 0.05) is 25.1 Å². The van der Waals surface area contributed by atoms with Crippen molar-refractivity contribution < 1.29 is 4.74 Å². The van der Waals surface area contributed by atoms with Gasteiger partial charge in [0.05, 0.1) is 17.2 Å². The van der Waals surface area contributed by atoms with Crippen molar-refractivity contribution in [2.45, 2.75) is 27.0 Å². The molecule has 2 heterocycles. The lowest BCUT2D eigenvalue weighted by Gasteiger charge is -2.18. The third kappa shape index (κ3) is 3.88. The Morgan fingerprint density at radius 2 is 2.15 bits per heavy atom. The molecular formula is C13H19N5OS. The number of hydrogen-bond donors (Lipinski definition) is 1. The Hall–Kier alpha value is -1.73. The zero-order chi connectivity index (χ0) is 14.5. The Balaban J connectivity index is 2.12. The molecule has 0 fully saturated rings. The molecule has 108 valence electrons. The number of hydrogen-bond acceptors (Lipinski definition) is 7. The highest BCUT2D eigenvalue weighted by molar-refractivity contribution is 7.09. The highest BCUT2D eigenvalue weighted by Gasteiger charge is 2.09. The predicted octanol–water partition coefficient (Wildman–Crippen LogP) is 2.00. The first-order chi connectivity index (χ1) is 9.58. The van der Waals surface area contributed by atoms with E-state index in [9.17, 15) is 0 Å². The van der Waals surface area contributed by atoms with Gasteiger partial charge in [-0.1, -0.05) is 0 Å². The van der Waals surface area contributed by atoms with E-state index < -0.39 is 0 Å². The molecule has 0 radical (unpaired) electrons. The molecule has 20 heavy (non-hydrogen) atoms. The van der Waals surface area contributed by atoms with Crippen LogP contribution in [0.2, 0.25) is 0 Å². The van der Waals surface area contributed by atoms with Gasteiger partial charge in [-0.3, -0.25) is 0 Å². The van der Waals surface area contributed by atoms with Crippen molar-refractivity contribution in [3.63, 3.8) is 0 Å². The van der Waals surface area contributed by atoms with Crippen LogP contribution in [0.25, 0.3) is 0 Å². The van der Waals surface area contributed by atoms with E-state index in [1.165, 1.54) is 0 Å². The minimum atomic E-state index is 0.373. The number of aryl methyl sites for hydroxylation is 1.